The minimum Gasteiger partial charge on any atom is -0.0966 e. The van der Waals surface area contributed by atoms with Gasteiger partial charge in [-0.1, -0.05) is 304 Å². The average molecular weight is 876 g/mol. The molecule has 0 aliphatic rings. The quantitative estimate of drug-likeness (QED) is 0.0422. The summed E-state index contributed by atoms with van der Waals surface area (Å²) in [7, 11) is -0.199. The normalized spacial score (nSPS) is 14.9. The van der Waals surface area contributed by atoms with Crippen LogP contribution in [0.4, 0.5) is 0 Å². The third-order valence-corrected chi connectivity index (χ3v) is 21.1. The zero-order valence-electron chi connectivity index (χ0n) is 45.7. The van der Waals surface area contributed by atoms with Gasteiger partial charge in [0, 0.05) is 5.16 Å². The third kappa shape index (κ3) is 20.9. The van der Waals surface area contributed by atoms with Gasteiger partial charge in [0.2, 0.25) is 0 Å². The highest BCUT2D eigenvalue weighted by molar-refractivity contribution is 7.60. The SMILES string of the molecule is CCCCCCCCC(CCCC)C(CCCCCCCC)(CCCCCCCC)C(CCCCCCCC)(C(C)C)C(C(C)C)(C(C)C)P(CCCCCCCC)C(C)C. The van der Waals surface area contributed by atoms with Crippen LogP contribution in [0.3, 0.4) is 0 Å². The first kappa shape index (κ1) is 61.4. The molecule has 0 spiro atoms. The summed E-state index contributed by atoms with van der Waals surface area (Å²) >= 11 is 0. The second-order valence-corrected chi connectivity index (χ2v) is 25.6. The molecule has 3 unspecified atom stereocenters. The molecule has 0 amide bonds. The van der Waals surface area contributed by atoms with Crippen LogP contribution in [0.5, 0.6) is 0 Å². The summed E-state index contributed by atoms with van der Waals surface area (Å²) in [5.74, 6) is 2.98. The van der Waals surface area contributed by atoms with Crippen molar-refractivity contribution in [2.24, 2.45) is 34.5 Å². The molecule has 3 atom stereocenters. The number of unbranched alkanes of at least 4 members (excludes halogenated alkanes) is 26. The average Bonchev–Trinajstić information content (AvgIpc) is 3.22. The van der Waals surface area contributed by atoms with E-state index in [1.165, 1.54) is 244 Å². The molecule has 0 heterocycles. The largest absolute Gasteiger partial charge is 0.0966 e. The molecule has 61 heavy (non-hydrogen) atoms. The highest BCUT2D eigenvalue weighted by atomic mass is 31.1. The molecule has 0 aliphatic heterocycles. The minimum absolute atomic E-state index is 0.199. The Kier molecular flexibility index (Phi) is 38.8. The van der Waals surface area contributed by atoms with Crippen LogP contribution in [-0.2, 0) is 0 Å². The van der Waals surface area contributed by atoms with Crippen molar-refractivity contribution in [2.45, 2.75) is 345 Å². The zero-order chi connectivity index (χ0) is 45.8. The van der Waals surface area contributed by atoms with Gasteiger partial charge in [0.25, 0.3) is 0 Å². The Hall–Kier alpha value is 0.430. The van der Waals surface area contributed by atoms with Gasteiger partial charge >= 0.3 is 0 Å². The van der Waals surface area contributed by atoms with Crippen molar-refractivity contribution in [3.63, 3.8) is 0 Å². The van der Waals surface area contributed by atoms with E-state index < -0.39 is 0 Å². The van der Waals surface area contributed by atoms with Crippen molar-refractivity contribution in [3.05, 3.63) is 0 Å². The van der Waals surface area contributed by atoms with E-state index in [1.54, 1.807) is 0 Å². The summed E-state index contributed by atoms with van der Waals surface area (Å²) in [4.78, 5) is 0. The predicted molar refractivity (Wildman–Crippen MR) is 287 cm³/mol. The Morgan fingerprint density at radius 1 is 0.311 bits per heavy atom. The molecule has 0 aromatic rings. The van der Waals surface area contributed by atoms with Crippen molar-refractivity contribution in [1.29, 1.82) is 0 Å². The summed E-state index contributed by atoms with van der Waals surface area (Å²) in [6.45, 7) is 36.8. The molecule has 0 nitrogen and oxygen atoms in total. The molecule has 0 radical (unpaired) electrons. The molecule has 0 bridgehead atoms. The number of hydrogen-bond donors (Lipinski definition) is 0. The second-order valence-electron chi connectivity index (χ2n) is 22.4. The van der Waals surface area contributed by atoms with Gasteiger partial charge in [0.15, 0.2) is 0 Å². The van der Waals surface area contributed by atoms with Crippen LogP contribution in [-0.4, -0.2) is 17.0 Å². The van der Waals surface area contributed by atoms with E-state index in [0.717, 1.165) is 11.6 Å². The fourth-order valence-electron chi connectivity index (χ4n) is 14.0. The molecule has 0 saturated carbocycles. The van der Waals surface area contributed by atoms with Gasteiger partial charge in [-0.2, -0.15) is 0 Å². The summed E-state index contributed by atoms with van der Waals surface area (Å²) in [6, 6.07) is 0. The van der Waals surface area contributed by atoms with Crippen LogP contribution in [0.25, 0.3) is 0 Å². The second kappa shape index (κ2) is 38.5. The van der Waals surface area contributed by atoms with E-state index >= 15 is 0 Å². The maximum atomic E-state index is 2.84. The van der Waals surface area contributed by atoms with Gasteiger partial charge < -0.3 is 0 Å². The van der Waals surface area contributed by atoms with E-state index in [9.17, 15) is 0 Å². The maximum absolute atomic E-state index is 2.84. The van der Waals surface area contributed by atoms with Crippen LogP contribution < -0.4 is 0 Å². The summed E-state index contributed by atoms with van der Waals surface area (Å²) in [5, 5.41) is 0.369. The first-order valence-corrected chi connectivity index (χ1v) is 30.8. The Bertz CT molecular complexity index is 890. The first-order valence-electron chi connectivity index (χ1n) is 29.2. The zero-order valence-corrected chi connectivity index (χ0v) is 46.6. The molecule has 1 heteroatoms. The van der Waals surface area contributed by atoms with Crippen molar-refractivity contribution in [1.82, 2.24) is 0 Å². The number of rotatable bonds is 46. The molecule has 0 fully saturated rings. The summed E-state index contributed by atoms with van der Waals surface area (Å²) < 4.78 is 0. The molecule has 0 aromatic carbocycles. The fraction of sp³-hybridized carbons (Fsp3) is 1.00. The van der Waals surface area contributed by atoms with Crippen LogP contribution in [0, 0.1) is 34.5 Å². The van der Waals surface area contributed by atoms with E-state index in [-0.39, 0.29) is 7.92 Å². The standard InChI is InChI=1S/C60H123P/c1-15-21-27-32-37-42-48-57(47-26-20-6)58(49-43-38-33-28-22-16-2,50-44-39-34-29-23-17-3)59(53(7)8,51-45-40-35-30-24-18-4)60(54(9)10,55(11)12)61(56(13)14)52-46-41-36-31-25-19-5/h53-57H,15-52H2,1-14H3. The van der Waals surface area contributed by atoms with Crippen LogP contribution in [0.1, 0.15) is 335 Å². The summed E-state index contributed by atoms with van der Waals surface area (Å²) in [5.41, 5.74) is 1.54. The number of hydrogen-bond acceptors (Lipinski definition) is 0. The van der Waals surface area contributed by atoms with Crippen LogP contribution >= 0.6 is 7.92 Å². The van der Waals surface area contributed by atoms with Crippen molar-refractivity contribution >= 4 is 7.92 Å². The molecule has 368 valence electrons. The Balaban J connectivity index is 8.41. The van der Waals surface area contributed by atoms with Gasteiger partial charge in [0.05, 0.1) is 0 Å². The van der Waals surface area contributed by atoms with Gasteiger partial charge in [-0.3, -0.25) is 0 Å². The lowest BCUT2D eigenvalue weighted by atomic mass is 9.40. The fourth-order valence-corrected chi connectivity index (χ4v) is 18.7. The monoisotopic (exact) mass is 875 g/mol. The van der Waals surface area contributed by atoms with Crippen LogP contribution in [0.2, 0.25) is 0 Å². The lowest BCUT2D eigenvalue weighted by Crippen LogP contribution is -2.67. The van der Waals surface area contributed by atoms with Crippen molar-refractivity contribution in [2.75, 3.05) is 6.16 Å². The molecule has 0 rings (SSSR count). The molecule has 0 aromatic heterocycles. The van der Waals surface area contributed by atoms with Gasteiger partial charge in [0.1, 0.15) is 0 Å². The van der Waals surface area contributed by atoms with Crippen molar-refractivity contribution in [3.8, 4) is 0 Å². The highest BCUT2D eigenvalue weighted by Crippen LogP contribution is 2.78. The van der Waals surface area contributed by atoms with Gasteiger partial charge in [-0.15, -0.1) is 0 Å². The van der Waals surface area contributed by atoms with Crippen molar-refractivity contribution < 1.29 is 0 Å². The molecule has 0 saturated heterocycles. The Labute approximate surface area is 392 Å². The molecule has 0 N–H and O–H groups in total. The van der Waals surface area contributed by atoms with Gasteiger partial charge in [-0.05, 0) is 84.8 Å². The molecular weight excluding hydrogens is 752 g/mol. The molecule has 0 aliphatic carbocycles. The maximum Gasteiger partial charge on any atom is 0.00180 e. The minimum atomic E-state index is -0.199. The van der Waals surface area contributed by atoms with E-state index in [0.29, 0.717) is 33.7 Å². The van der Waals surface area contributed by atoms with E-state index in [1.807, 2.05) is 0 Å². The predicted octanol–water partition coefficient (Wildman–Crippen LogP) is 22.7. The molecular formula is C60H123P. The van der Waals surface area contributed by atoms with E-state index in [2.05, 4.69) is 96.9 Å². The van der Waals surface area contributed by atoms with E-state index in [4.69, 9.17) is 0 Å². The lowest BCUT2D eigenvalue weighted by molar-refractivity contribution is -0.140. The lowest BCUT2D eigenvalue weighted by Gasteiger charge is -2.72. The summed E-state index contributed by atoms with van der Waals surface area (Å²) in [6.07, 6.45) is 55.0. The highest BCUT2D eigenvalue weighted by Gasteiger charge is 2.68. The third-order valence-electron chi connectivity index (χ3n) is 16.7. The Morgan fingerprint density at radius 3 is 0.967 bits per heavy atom. The Morgan fingerprint density at radius 2 is 0.623 bits per heavy atom. The van der Waals surface area contributed by atoms with Crippen LogP contribution in [0.15, 0.2) is 0 Å². The smallest absolute Gasteiger partial charge is 0.00180 e. The van der Waals surface area contributed by atoms with Gasteiger partial charge in [-0.25, -0.2) is 0 Å². The topological polar surface area (TPSA) is 0 Å². The first-order chi connectivity index (χ1) is 29.4.